The minimum absolute atomic E-state index is 0.144. The van der Waals surface area contributed by atoms with E-state index in [0.717, 1.165) is 12.1 Å². The molecule has 0 unspecified atom stereocenters. The van der Waals surface area contributed by atoms with Crippen LogP contribution in [-0.2, 0) is 9.31 Å². The predicted molar refractivity (Wildman–Crippen MR) is 66.5 cm³/mol. The van der Waals surface area contributed by atoms with Crippen LogP contribution in [0.15, 0.2) is 12.1 Å². The highest BCUT2D eigenvalue weighted by atomic mass is 19.1. The van der Waals surface area contributed by atoms with Gasteiger partial charge in [-0.25, -0.2) is 8.78 Å². The molecule has 2 N–H and O–H groups in total. The van der Waals surface area contributed by atoms with Gasteiger partial charge in [0.15, 0.2) is 0 Å². The average Bonchev–Trinajstić information content (AvgIpc) is 2.42. The number of hydrogen-bond acceptors (Lipinski definition) is 3. The van der Waals surface area contributed by atoms with Crippen LogP contribution >= 0.6 is 0 Å². The molecule has 6 heteroatoms. The van der Waals surface area contributed by atoms with Crippen molar-refractivity contribution in [1.82, 2.24) is 0 Å². The van der Waals surface area contributed by atoms with Crippen molar-refractivity contribution < 1.29 is 18.1 Å². The summed E-state index contributed by atoms with van der Waals surface area (Å²) in [7, 11) is -0.861. The molecular weight excluding hydrogens is 239 g/mol. The first-order valence-corrected chi connectivity index (χ1v) is 5.74. The molecule has 0 amide bonds. The Morgan fingerprint density at radius 2 is 1.56 bits per heavy atom. The SMILES string of the molecule is CC1(C)OB(c2cc(F)cc(F)c2N)OC1(C)C. The standard InChI is InChI=1S/C12H16BF2NO2/c1-11(2)12(3,4)18-13(17-11)8-5-7(14)6-9(15)10(8)16/h5-6H,16H2,1-4H3. The van der Waals surface area contributed by atoms with E-state index in [0.29, 0.717) is 0 Å². The van der Waals surface area contributed by atoms with Gasteiger partial charge in [0.25, 0.3) is 0 Å². The Bertz CT molecular complexity index is 475. The van der Waals surface area contributed by atoms with E-state index in [-0.39, 0.29) is 11.2 Å². The third-order valence-electron chi connectivity index (χ3n) is 3.63. The zero-order valence-electron chi connectivity index (χ0n) is 10.9. The first kappa shape index (κ1) is 13.3. The lowest BCUT2D eigenvalue weighted by atomic mass is 9.77. The van der Waals surface area contributed by atoms with Gasteiger partial charge in [0.05, 0.1) is 16.9 Å². The van der Waals surface area contributed by atoms with E-state index in [4.69, 9.17) is 15.0 Å². The van der Waals surface area contributed by atoms with Gasteiger partial charge in [-0.05, 0) is 33.8 Å². The van der Waals surface area contributed by atoms with Crippen molar-refractivity contribution in [1.29, 1.82) is 0 Å². The number of hydrogen-bond donors (Lipinski definition) is 1. The lowest BCUT2D eigenvalue weighted by Crippen LogP contribution is -2.41. The molecule has 1 aromatic rings. The maximum atomic E-state index is 13.4. The van der Waals surface area contributed by atoms with E-state index in [1.807, 2.05) is 27.7 Å². The molecule has 1 aliphatic rings. The van der Waals surface area contributed by atoms with Crippen molar-refractivity contribution in [3.8, 4) is 0 Å². The summed E-state index contributed by atoms with van der Waals surface area (Å²) in [5.41, 5.74) is 4.50. The first-order valence-electron chi connectivity index (χ1n) is 5.74. The van der Waals surface area contributed by atoms with Crippen LogP contribution < -0.4 is 11.2 Å². The summed E-state index contributed by atoms with van der Waals surface area (Å²) in [6, 6.07) is 1.88. The second kappa shape index (κ2) is 3.93. The third kappa shape index (κ3) is 1.99. The summed E-state index contributed by atoms with van der Waals surface area (Å²) in [6.07, 6.45) is 0. The van der Waals surface area contributed by atoms with Crippen LogP contribution in [-0.4, -0.2) is 18.3 Å². The number of rotatable bonds is 1. The smallest absolute Gasteiger partial charge is 0.399 e. The van der Waals surface area contributed by atoms with Crippen LogP contribution in [0, 0.1) is 11.6 Å². The minimum atomic E-state index is -0.861. The Morgan fingerprint density at radius 3 is 2.06 bits per heavy atom. The van der Waals surface area contributed by atoms with Crippen LogP contribution in [0.1, 0.15) is 27.7 Å². The largest absolute Gasteiger partial charge is 0.497 e. The molecule has 3 nitrogen and oxygen atoms in total. The zero-order valence-corrected chi connectivity index (χ0v) is 10.9. The van der Waals surface area contributed by atoms with E-state index in [1.165, 1.54) is 0 Å². The topological polar surface area (TPSA) is 44.5 Å². The molecule has 0 saturated carbocycles. The van der Waals surface area contributed by atoms with Gasteiger partial charge in [0.2, 0.25) is 0 Å². The normalized spacial score (nSPS) is 21.3. The van der Waals surface area contributed by atoms with Gasteiger partial charge in [0.1, 0.15) is 11.6 Å². The minimum Gasteiger partial charge on any atom is -0.399 e. The van der Waals surface area contributed by atoms with Crippen LogP contribution in [0.3, 0.4) is 0 Å². The Hall–Kier alpha value is -1.14. The predicted octanol–water partition coefficient (Wildman–Crippen LogP) is 1.85. The monoisotopic (exact) mass is 255 g/mol. The Kier molecular flexibility index (Phi) is 2.90. The van der Waals surface area contributed by atoms with Crippen molar-refractivity contribution in [2.24, 2.45) is 0 Å². The maximum Gasteiger partial charge on any atom is 0.497 e. The molecule has 2 rings (SSSR count). The van der Waals surface area contributed by atoms with Gasteiger partial charge in [-0.3, -0.25) is 0 Å². The van der Waals surface area contributed by atoms with Gasteiger partial charge in [-0.15, -0.1) is 0 Å². The number of anilines is 1. The number of nitrogens with two attached hydrogens (primary N) is 1. The summed E-state index contributed by atoms with van der Waals surface area (Å²) < 4.78 is 38.1. The molecule has 0 radical (unpaired) electrons. The van der Waals surface area contributed by atoms with E-state index in [2.05, 4.69) is 0 Å². The van der Waals surface area contributed by atoms with Gasteiger partial charge < -0.3 is 15.0 Å². The van der Waals surface area contributed by atoms with Crippen molar-refractivity contribution in [3.63, 3.8) is 0 Å². The van der Waals surface area contributed by atoms with Gasteiger partial charge in [-0.2, -0.15) is 0 Å². The highest BCUT2D eigenvalue weighted by Crippen LogP contribution is 2.37. The van der Waals surface area contributed by atoms with Crippen LogP contribution in [0.25, 0.3) is 0 Å². The summed E-state index contributed by atoms with van der Waals surface area (Å²) in [6.45, 7) is 7.44. The molecule has 0 atom stereocenters. The molecule has 98 valence electrons. The molecule has 1 aliphatic heterocycles. The molecule has 0 aromatic heterocycles. The third-order valence-corrected chi connectivity index (χ3v) is 3.63. The summed E-state index contributed by atoms with van der Waals surface area (Å²) in [5.74, 6) is -1.51. The van der Waals surface area contributed by atoms with E-state index < -0.39 is 30.0 Å². The fourth-order valence-corrected chi connectivity index (χ4v) is 1.77. The number of halogens is 2. The number of benzene rings is 1. The molecule has 0 spiro atoms. The lowest BCUT2D eigenvalue weighted by molar-refractivity contribution is 0.00578. The fourth-order valence-electron chi connectivity index (χ4n) is 1.77. The molecule has 1 heterocycles. The number of nitrogen functional groups attached to an aromatic ring is 1. The first-order chi connectivity index (χ1) is 8.14. The highest BCUT2D eigenvalue weighted by Gasteiger charge is 2.52. The average molecular weight is 255 g/mol. The Labute approximate surface area is 105 Å². The van der Waals surface area contributed by atoms with Crippen molar-refractivity contribution in [2.75, 3.05) is 5.73 Å². The Morgan fingerprint density at radius 1 is 1.06 bits per heavy atom. The second-order valence-electron chi connectivity index (χ2n) is 5.48. The Balaban J connectivity index is 2.41. The highest BCUT2D eigenvalue weighted by molar-refractivity contribution is 6.63. The van der Waals surface area contributed by atoms with Gasteiger partial charge in [-0.1, -0.05) is 0 Å². The van der Waals surface area contributed by atoms with E-state index in [1.54, 1.807) is 0 Å². The summed E-state index contributed by atoms with van der Waals surface area (Å²) >= 11 is 0. The molecule has 18 heavy (non-hydrogen) atoms. The fraction of sp³-hybridized carbons (Fsp3) is 0.500. The van der Waals surface area contributed by atoms with E-state index in [9.17, 15) is 8.78 Å². The van der Waals surface area contributed by atoms with Crippen LogP contribution in [0.5, 0.6) is 0 Å². The summed E-state index contributed by atoms with van der Waals surface area (Å²) in [4.78, 5) is 0. The maximum absolute atomic E-state index is 13.4. The van der Waals surface area contributed by atoms with Crippen molar-refractivity contribution in [2.45, 2.75) is 38.9 Å². The quantitative estimate of drug-likeness (QED) is 0.615. The second-order valence-corrected chi connectivity index (χ2v) is 5.48. The van der Waals surface area contributed by atoms with Crippen LogP contribution in [0.2, 0.25) is 0 Å². The molecule has 0 aliphatic carbocycles. The van der Waals surface area contributed by atoms with Crippen molar-refractivity contribution in [3.05, 3.63) is 23.8 Å². The lowest BCUT2D eigenvalue weighted by Gasteiger charge is -2.32. The molecule has 1 saturated heterocycles. The molecule has 1 aromatic carbocycles. The van der Waals surface area contributed by atoms with Gasteiger partial charge >= 0.3 is 7.12 Å². The van der Waals surface area contributed by atoms with Crippen LogP contribution in [0.4, 0.5) is 14.5 Å². The van der Waals surface area contributed by atoms with E-state index >= 15 is 0 Å². The zero-order chi connectivity index (χ0) is 13.7. The molecule has 0 bridgehead atoms. The van der Waals surface area contributed by atoms with Crippen molar-refractivity contribution >= 4 is 18.3 Å². The summed E-state index contributed by atoms with van der Waals surface area (Å²) in [5, 5.41) is 0. The molecular formula is C12H16BF2NO2. The van der Waals surface area contributed by atoms with Gasteiger partial charge in [0, 0.05) is 11.5 Å². The molecule has 1 fully saturated rings.